The van der Waals surface area contributed by atoms with Gasteiger partial charge in [0.05, 0.1) is 0 Å². The van der Waals surface area contributed by atoms with Crippen LogP contribution in [0.4, 0.5) is 0 Å². The maximum absolute atomic E-state index is 5.55. The molecule has 0 amide bonds. The minimum absolute atomic E-state index is 0.455. The number of hydrogen-bond donors (Lipinski definition) is 1. The molecule has 16 heavy (non-hydrogen) atoms. The zero-order valence-corrected chi connectivity index (χ0v) is 9.10. The largest absolute Gasteiger partial charge is 0.460 e. The fourth-order valence-corrected chi connectivity index (χ4v) is 1.75. The lowest BCUT2D eigenvalue weighted by Gasteiger charge is -2.25. The maximum Gasteiger partial charge on any atom is 0.152 e. The Labute approximate surface area is 93.7 Å². The molecule has 0 aliphatic carbocycles. The summed E-state index contributed by atoms with van der Waals surface area (Å²) in [6.45, 7) is 3.88. The van der Waals surface area contributed by atoms with Crippen molar-refractivity contribution in [3.05, 3.63) is 36.0 Å². The van der Waals surface area contributed by atoms with Crippen LogP contribution in [0.5, 0.6) is 0 Å². The van der Waals surface area contributed by atoms with Gasteiger partial charge in [0.15, 0.2) is 5.76 Å². The van der Waals surface area contributed by atoms with Crippen molar-refractivity contribution in [1.82, 2.24) is 15.3 Å². The van der Waals surface area contributed by atoms with Gasteiger partial charge in [0, 0.05) is 25.2 Å². The Morgan fingerprint density at radius 1 is 1.31 bits per heavy atom. The summed E-state index contributed by atoms with van der Waals surface area (Å²) in [5.41, 5.74) is 0.866. The normalized spacial score (nSPS) is 16.1. The standard InChI is InChI=1S/C12H13N3O/c1-8-2-3-11(16-8)10-4-5-14-12(15-10)9-6-13-7-9/h2-5,9,13H,6-7H2,1H3. The van der Waals surface area contributed by atoms with Crippen LogP contribution in [-0.2, 0) is 0 Å². The zero-order valence-electron chi connectivity index (χ0n) is 9.10. The molecule has 3 heterocycles. The summed E-state index contributed by atoms with van der Waals surface area (Å²) in [5, 5.41) is 3.22. The monoisotopic (exact) mass is 215 g/mol. The van der Waals surface area contributed by atoms with Gasteiger partial charge in [0.25, 0.3) is 0 Å². The van der Waals surface area contributed by atoms with Crippen molar-refractivity contribution >= 4 is 0 Å². The number of hydrogen-bond acceptors (Lipinski definition) is 4. The number of nitrogens with one attached hydrogen (secondary N) is 1. The average molecular weight is 215 g/mol. The van der Waals surface area contributed by atoms with Gasteiger partial charge >= 0.3 is 0 Å². The van der Waals surface area contributed by atoms with E-state index in [4.69, 9.17) is 4.42 Å². The van der Waals surface area contributed by atoms with Crippen molar-refractivity contribution in [1.29, 1.82) is 0 Å². The second kappa shape index (κ2) is 3.72. The van der Waals surface area contributed by atoms with Crippen molar-refractivity contribution in [2.75, 3.05) is 13.1 Å². The van der Waals surface area contributed by atoms with Gasteiger partial charge in [-0.2, -0.15) is 0 Å². The Morgan fingerprint density at radius 2 is 2.19 bits per heavy atom. The van der Waals surface area contributed by atoms with Crippen LogP contribution in [0.25, 0.3) is 11.5 Å². The van der Waals surface area contributed by atoms with Gasteiger partial charge in [0.2, 0.25) is 0 Å². The number of aryl methyl sites for hydroxylation is 1. The molecule has 0 radical (unpaired) electrons. The Hall–Kier alpha value is -1.68. The summed E-state index contributed by atoms with van der Waals surface area (Å²) in [7, 11) is 0. The molecule has 0 saturated carbocycles. The number of rotatable bonds is 2. The summed E-state index contributed by atoms with van der Waals surface area (Å²) in [4.78, 5) is 8.83. The molecule has 0 spiro atoms. The molecule has 4 nitrogen and oxygen atoms in total. The minimum Gasteiger partial charge on any atom is -0.460 e. The SMILES string of the molecule is Cc1ccc(-c2ccnc(C3CNC3)n2)o1. The number of nitrogens with zero attached hydrogens (tertiary/aromatic N) is 2. The fourth-order valence-electron chi connectivity index (χ4n) is 1.75. The second-order valence-electron chi connectivity index (χ2n) is 4.07. The van der Waals surface area contributed by atoms with Gasteiger partial charge in [-0.3, -0.25) is 0 Å². The lowest BCUT2D eigenvalue weighted by molar-refractivity contribution is 0.429. The van der Waals surface area contributed by atoms with E-state index in [1.54, 1.807) is 6.20 Å². The summed E-state index contributed by atoms with van der Waals surface area (Å²) in [6, 6.07) is 5.77. The van der Waals surface area contributed by atoms with Gasteiger partial charge in [0.1, 0.15) is 17.3 Å². The van der Waals surface area contributed by atoms with E-state index < -0.39 is 0 Å². The highest BCUT2D eigenvalue weighted by molar-refractivity contribution is 5.51. The first-order valence-electron chi connectivity index (χ1n) is 5.43. The van der Waals surface area contributed by atoms with Crippen molar-refractivity contribution in [2.45, 2.75) is 12.8 Å². The number of aromatic nitrogens is 2. The Morgan fingerprint density at radius 3 is 2.81 bits per heavy atom. The third-order valence-corrected chi connectivity index (χ3v) is 2.81. The molecule has 2 aromatic rings. The summed E-state index contributed by atoms with van der Waals surface area (Å²) in [6.07, 6.45) is 1.80. The van der Waals surface area contributed by atoms with E-state index in [2.05, 4.69) is 15.3 Å². The molecule has 0 unspecified atom stereocenters. The van der Waals surface area contributed by atoms with Crippen LogP contribution in [0.15, 0.2) is 28.8 Å². The lowest BCUT2D eigenvalue weighted by Crippen LogP contribution is -2.40. The van der Waals surface area contributed by atoms with Crippen LogP contribution in [0, 0.1) is 6.92 Å². The van der Waals surface area contributed by atoms with Crippen LogP contribution in [0.1, 0.15) is 17.5 Å². The molecule has 0 aromatic carbocycles. The van der Waals surface area contributed by atoms with E-state index in [9.17, 15) is 0 Å². The first-order chi connectivity index (χ1) is 7.83. The van der Waals surface area contributed by atoms with Gasteiger partial charge < -0.3 is 9.73 Å². The predicted octanol–water partition coefficient (Wildman–Crippen LogP) is 1.73. The zero-order chi connectivity index (χ0) is 11.0. The van der Waals surface area contributed by atoms with Crippen molar-refractivity contribution in [3.63, 3.8) is 0 Å². The van der Waals surface area contributed by atoms with E-state index in [-0.39, 0.29) is 0 Å². The van der Waals surface area contributed by atoms with Gasteiger partial charge in [-0.05, 0) is 25.1 Å². The molecule has 0 bridgehead atoms. The van der Waals surface area contributed by atoms with Crippen LogP contribution >= 0.6 is 0 Å². The van der Waals surface area contributed by atoms with Crippen molar-refractivity contribution < 1.29 is 4.42 Å². The van der Waals surface area contributed by atoms with E-state index in [0.29, 0.717) is 5.92 Å². The van der Waals surface area contributed by atoms with Gasteiger partial charge in [-0.25, -0.2) is 9.97 Å². The van der Waals surface area contributed by atoms with Gasteiger partial charge in [-0.1, -0.05) is 0 Å². The second-order valence-corrected chi connectivity index (χ2v) is 4.07. The Balaban J connectivity index is 1.95. The maximum atomic E-state index is 5.55. The highest BCUT2D eigenvalue weighted by Gasteiger charge is 2.22. The third kappa shape index (κ3) is 1.61. The smallest absolute Gasteiger partial charge is 0.152 e. The molecule has 82 valence electrons. The molecule has 1 saturated heterocycles. The summed E-state index contributed by atoms with van der Waals surface area (Å²) < 4.78 is 5.55. The van der Waals surface area contributed by atoms with Crippen LogP contribution < -0.4 is 5.32 Å². The summed E-state index contributed by atoms with van der Waals surface area (Å²) in [5.74, 6) is 3.08. The van der Waals surface area contributed by atoms with E-state index in [0.717, 1.165) is 36.1 Å². The minimum atomic E-state index is 0.455. The molecule has 4 heteroatoms. The molecule has 1 aliphatic heterocycles. The van der Waals surface area contributed by atoms with Crippen molar-refractivity contribution in [2.24, 2.45) is 0 Å². The first-order valence-corrected chi connectivity index (χ1v) is 5.43. The molecule has 3 rings (SSSR count). The molecular weight excluding hydrogens is 202 g/mol. The Kier molecular flexibility index (Phi) is 2.22. The topological polar surface area (TPSA) is 51.0 Å². The molecule has 1 fully saturated rings. The van der Waals surface area contributed by atoms with Crippen LogP contribution in [-0.4, -0.2) is 23.1 Å². The molecule has 0 atom stereocenters. The fraction of sp³-hybridized carbons (Fsp3) is 0.333. The summed E-state index contributed by atoms with van der Waals surface area (Å²) >= 11 is 0. The quantitative estimate of drug-likeness (QED) is 0.829. The average Bonchev–Trinajstić information content (AvgIpc) is 2.63. The van der Waals surface area contributed by atoms with Crippen molar-refractivity contribution in [3.8, 4) is 11.5 Å². The predicted molar refractivity (Wildman–Crippen MR) is 60.1 cm³/mol. The molecule has 1 aliphatic rings. The van der Waals surface area contributed by atoms with Gasteiger partial charge in [-0.15, -0.1) is 0 Å². The van der Waals surface area contributed by atoms with E-state index in [1.165, 1.54) is 0 Å². The molecule has 1 N–H and O–H groups in total. The Bertz CT molecular complexity index is 502. The molecular formula is C12H13N3O. The van der Waals surface area contributed by atoms with Crippen LogP contribution in [0.2, 0.25) is 0 Å². The van der Waals surface area contributed by atoms with Crippen LogP contribution in [0.3, 0.4) is 0 Å². The molecule has 2 aromatic heterocycles. The van der Waals surface area contributed by atoms with E-state index >= 15 is 0 Å². The highest BCUT2D eigenvalue weighted by atomic mass is 16.3. The first kappa shape index (κ1) is 9.54. The third-order valence-electron chi connectivity index (χ3n) is 2.81. The number of furan rings is 1. The van der Waals surface area contributed by atoms with E-state index in [1.807, 2.05) is 25.1 Å². The lowest BCUT2D eigenvalue weighted by atomic mass is 10.0. The highest BCUT2D eigenvalue weighted by Crippen LogP contribution is 2.22.